The molecule has 4 heteroatoms. The first-order valence-corrected chi connectivity index (χ1v) is 5.02. The summed E-state index contributed by atoms with van der Waals surface area (Å²) in [7, 11) is 1.87. The SMILES string of the molecule is CNCc1cnc(-c2ccc(Cl)cc2)o1. The van der Waals surface area contributed by atoms with Crippen molar-refractivity contribution in [2.75, 3.05) is 7.05 Å². The van der Waals surface area contributed by atoms with E-state index in [1.807, 2.05) is 31.3 Å². The van der Waals surface area contributed by atoms with Crippen molar-refractivity contribution in [3.05, 3.63) is 41.2 Å². The molecule has 78 valence electrons. The molecule has 1 N–H and O–H groups in total. The molecule has 0 fully saturated rings. The second kappa shape index (κ2) is 4.47. The molecule has 2 rings (SSSR count). The number of hydrogen-bond donors (Lipinski definition) is 1. The highest BCUT2D eigenvalue weighted by molar-refractivity contribution is 6.30. The molecule has 0 radical (unpaired) electrons. The van der Waals surface area contributed by atoms with Gasteiger partial charge in [-0.15, -0.1) is 0 Å². The average molecular weight is 223 g/mol. The summed E-state index contributed by atoms with van der Waals surface area (Å²) in [6.07, 6.45) is 1.72. The van der Waals surface area contributed by atoms with Crippen LogP contribution >= 0.6 is 11.6 Å². The van der Waals surface area contributed by atoms with Gasteiger partial charge in [-0.25, -0.2) is 4.98 Å². The van der Waals surface area contributed by atoms with Crippen molar-refractivity contribution in [1.29, 1.82) is 0 Å². The van der Waals surface area contributed by atoms with Gasteiger partial charge in [0, 0.05) is 10.6 Å². The first-order valence-electron chi connectivity index (χ1n) is 4.65. The molecule has 1 aromatic heterocycles. The molecule has 0 unspecified atom stereocenters. The standard InChI is InChI=1S/C11H11ClN2O/c1-13-6-10-7-14-11(15-10)8-2-4-9(12)5-3-8/h2-5,7,13H,6H2,1H3. The predicted molar refractivity (Wildman–Crippen MR) is 59.7 cm³/mol. The minimum atomic E-state index is 0.622. The van der Waals surface area contributed by atoms with Crippen LogP contribution in [0.4, 0.5) is 0 Å². The van der Waals surface area contributed by atoms with E-state index in [4.69, 9.17) is 16.0 Å². The van der Waals surface area contributed by atoms with Gasteiger partial charge in [-0.05, 0) is 31.3 Å². The van der Waals surface area contributed by atoms with Gasteiger partial charge in [0.15, 0.2) is 0 Å². The van der Waals surface area contributed by atoms with Crippen LogP contribution in [0.25, 0.3) is 11.5 Å². The molecule has 0 aliphatic carbocycles. The Kier molecular flexibility index (Phi) is 3.04. The van der Waals surface area contributed by atoms with E-state index < -0.39 is 0 Å². The number of oxazole rings is 1. The number of nitrogens with one attached hydrogen (secondary N) is 1. The van der Waals surface area contributed by atoms with Crippen molar-refractivity contribution in [2.24, 2.45) is 0 Å². The van der Waals surface area contributed by atoms with Crippen molar-refractivity contribution in [3.63, 3.8) is 0 Å². The van der Waals surface area contributed by atoms with Crippen molar-refractivity contribution in [1.82, 2.24) is 10.3 Å². The molecule has 3 nitrogen and oxygen atoms in total. The normalized spacial score (nSPS) is 10.5. The fourth-order valence-corrected chi connectivity index (χ4v) is 1.42. The molecule has 1 heterocycles. The van der Waals surface area contributed by atoms with Crippen molar-refractivity contribution >= 4 is 11.6 Å². The Morgan fingerprint density at radius 1 is 1.33 bits per heavy atom. The van der Waals surface area contributed by atoms with Gasteiger partial charge in [0.05, 0.1) is 12.7 Å². The predicted octanol–water partition coefficient (Wildman–Crippen LogP) is 2.71. The Labute approximate surface area is 93.1 Å². The van der Waals surface area contributed by atoms with E-state index >= 15 is 0 Å². The third-order valence-electron chi connectivity index (χ3n) is 2.00. The quantitative estimate of drug-likeness (QED) is 0.868. The summed E-state index contributed by atoms with van der Waals surface area (Å²) >= 11 is 5.79. The first kappa shape index (κ1) is 10.2. The lowest BCUT2D eigenvalue weighted by Gasteiger charge is -1.95. The molecule has 0 aliphatic rings. The first-order chi connectivity index (χ1) is 7.29. The fraction of sp³-hybridized carbons (Fsp3) is 0.182. The zero-order chi connectivity index (χ0) is 10.7. The number of aromatic nitrogens is 1. The highest BCUT2D eigenvalue weighted by atomic mass is 35.5. The molecule has 0 bridgehead atoms. The minimum absolute atomic E-state index is 0.622. The Morgan fingerprint density at radius 3 is 2.73 bits per heavy atom. The van der Waals surface area contributed by atoms with E-state index in [0.29, 0.717) is 17.5 Å². The summed E-state index contributed by atoms with van der Waals surface area (Å²) in [6.45, 7) is 0.681. The summed E-state index contributed by atoms with van der Waals surface area (Å²) in [5, 5.41) is 3.71. The van der Waals surface area contributed by atoms with Gasteiger partial charge in [0.1, 0.15) is 5.76 Å². The van der Waals surface area contributed by atoms with Gasteiger partial charge in [-0.2, -0.15) is 0 Å². The lowest BCUT2D eigenvalue weighted by Crippen LogP contribution is -2.03. The maximum atomic E-state index is 5.79. The van der Waals surface area contributed by atoms with Crippen LogP contribution in [0.2, 0.25) is 5.02 Å². The molecule has 0 saturated carbocycles. The summed E-state index contributed by atoms with van der Waals surface area (Å²) in [5.74, 6) is 1.44. The van der Waals surface area contributed by atoms with Crippen LogP contribution in [0.15, 0.2) is 34.9 Å². The van der Waals surface area contributed by atoms with E-state index in [2.05, 4.69) is 10.3 Å². The maximum absolute atomic E-state index is 5.79. The number of benzene rings is 1. The second-order valence-electron chi connectivity index (χ2n) is 3.17. The highest BCUT2D eigenvalue weighted by Gasteiger charge is 2.05. The van der Waals surface area contributed by atoms with E-state index in [9.17, 15) is 0 Å². The molecule has 0 atom stereocenters. The summed E-state index contributed by atoms with van der Waals surface area (Å²) in [5.41, 5.74) is 0.932. The molecule has 2 aromatic rings. The van der Waals surface area contributed by atoms with Gasteiger partial charge in [0.25, 0.3) is 0 Å². The zero-order valence-corrected chi connectivity index (χ0v) is 9.08. The summed E-state index contributed by atoms with van der Waals surface area (Å²) in [6, 6.07) is 7.41. The van der Waals surface area contributed by atoms with E-state index in [-0.39, 0.29) is 0 Å². The van der Waals surface area contributed by atoms with Gasteiger partial charge in [-0.1, -0.05) is 11.6 Å². The topological polar surface area (TPSA) is 38.1 Å². The fourth-order valence-electron chi connectivity index (χ4n) is 1.29. The van der Waals surface area contributed by atoms with Crippen LogP contribution in [0.5, 0.6) is 0 Å². The van der Waals surface area contributed by atoms with E-state index in [0.717, 1.165) is 11.3 Å². The number of halogens is 1. The average Bonchev–Trinajstić information content (AvgIpc) is 2.68. The smallest absolute Gasteiger partial charge is 0.226 e. The Bertz CT molecular complexity index is 436. The Morgan fingerprint density at radius 2 is 2.07 bits per heavy atom. The van der Waals surface area contributed by atoms with Crippen LogP contribution in [0.3, 0.4) is 0 Å². The van der Waals surface area contributed by atoms with Crippen molar-refractivity contribution < 1.29 is 4.42 Å². The van der Waals surface area contributed by atoms with Gasteiger partial charge in [-0.3, -0.25) is 0 Å². The van der Waals surface area contributed by atoms with Gasteiger partial charge in [0.2, 0.25) is 5.89 Å². The third-order valence-corrected chi connectivity index (χ3v) is 2.25. The monoisotopic (exact) mass is 222 g/mol. The van der Waals surface area contributed by atoms with E-state index in [1.165, 1.54) is 0 Å². The minimum Gasteiger partial charge on any atom is -0.440 e. The molecule has 15 heavy (non-hydrogen) atoms. The van der Waals surface area contributed by atoms with Crippen LogP contribution in [-0.2, 0) is 6.54 Å². The molecular weight excluding hydrogens is 212 g/mol. The van der Waals surface area contributed by atoms with Crippen LogP contribution in [0.1, 0.15) is 5.76 Å². The van der Waals surface area contributed by atoms with E-state index in [1.54, 1.807) is 6.20 Å². The van der Waals surface area contributed by atoms with Crippen molar-refractivity contribution in [3.8, 4) is 11.5 Å². The summed E-state index contributed by atoms with van der Waals surface area (Å²) in [4.78, 5) is 4.18. The number of hydrogen-bond acceptors (Lipinski definition) is 3. The Balaban J connectivity index is 2.25. The molecular formula is C11H11ClN2O. The lowest BCUT2D eigenvalue weighted by molar-refractivity contribution is 0.503. The highest BCUT2D eigenvalue weighted by Crippen LogP contribution is 2.21. The molecule has 0 aliphatic heterocycles. The molecule has 0 spiro atoms. The third kappa shape index (κ3) is 2.37. The summed E-state index contributed by atoms with van der Waals surface area (Å²) < 4.78 is 5.53. The largest absolute Gasteiger partial charge is 0.440 e. The van der Waals surface area contributed by atoms with Crippen LogP contribution in [0, 0.1) is 0 Å². The van der Waals surface area contributed by atoms with Crippen LogP contribution in [-0.4, -0.2) is 12.0 Å². The van der Waals surface area contributed by atoms with Crippen molar-refractivity contribution in [2.45, 2.75) is 6.54 Å². The number of rotatable bonds is 3. The molecule has 1 aromatic carbocycles. The van der Waals surface area contributed by atoms with Gasteiger partial charge < -0.3 is 9.73 Å². The molecule has 0 saturated heterocycles. The zero-order valence-electron chi connectivity index (χ0n) is 8.33. The lowest BCUT2D eigenvalue weighted by atomic mass is 10.2. The van der Waals surface area contributed by atoms with Gasteiger partial charge >= 0.3 is 0 Å². The maximum Gasteiger partial charge on any atom is 0.226 e. The second-order valence-corrected chi connectivity index (χ2v) is 3.61. The van der Waals surface area contributed by atoms with Crippen LogP contribution < -0.4 is 5.32 Å². The molecule has 0 amide bonds. The Hall–Kier alpha value is -1.32. The number of nitrogens with zero attached hydrogens (tertiary/aromatic N) is 1.